The fourth-order valence-electron chi connectivity index (χ4n) is 7.15. The van der Waals surface area contributed by atoms with E-state index in [-0.39, 0.29) is 25.1 Å². The van der Waals surface area contributed by atoms with Gasteiger partial charge in [0.05, 0.1) is 25.4 Å². The van der Waals surface area contributed by atoms with E-state index < -0.39 is 18.3 Å². The van der Waals surface area contributed by atoms with Crippen LogP contribution in [0, 0.1) is 23.2 Å². The van der Waals surface area contributed by atoms with Crippen molar-refractivity contribution in [2.75, 3.05) is 40.0 Å². The lowest BCUT2D eigenvalue weighted by atomic mass is 9.50. The molecule has 5 fully saturated rings. The highest BCUT2D eigenvalue weighted by atomic mass is 35.5. The Bertz CT molecular complexity index is 500. The van der Waals surface area contributed by atoms with Crippen LogP contribution >= 0.6 is 12.4 Å². The van der Waals surface area contributed by atoms with Crippen LogP contribution in [0.5, 0.6) is 0 Å². The number of likely N-dealkylation sites (N-methyl/N-ethyl adjacent to an activating group) is 1. The number of piperidine rings is 1. The third-order valence-electron chi connectivity index (χ3n) is 8.15. The monoisotopic (exact) mass is 447 g/mol. The molecule has 7 heteroatoms. The maximum absolute atomic E-state index is 10.2. The van der Waals surface area contributed by atoms with Crippen molar-refractivity contribution in [3.8, 4) is 0 Å². The summed E-state index contributed by atoms with van der Waals surface area (Å²) in [7, 11) is 1.84. The molecule has 30 heavy (non-hydrogen) atoms. The summed E-state index contributed by atoms with van der Waals surface area (Å²) in [4.78, 5) is 1.86. The molecule has 0 amide bonds. The quantitative estimate of drug-likeness (QED) is 0.445. The summed E-state index contributed by atoms with van der Waals surface area (Å²) in [5.74, 6) is 2.95. The maximum Gasteiger partial charge on any atom is 0.109 e. The van der Waals surface area contributed by atoms with E-state index >= 15 is 0 Å². The van der Waals surface area contributed by atoms with Gasteiger partial charge in [0, 0.05) is 19.8 Å². The van der Waals surface area contributed by atoms with Crippen LogP contribution in [0.25, 0.3) is 0 Å². The Labute approximate surface area is 187 Å². The second kappa shape index (κ2) is 10.8. The van der Waals surface area contributed by atoms with Gasteiger partial charge in [-0.3, -0.25) is 4.90 Å². The van der Waals surface area contributed by atoms with E-state index in [1.807, 2.05) is 11.9 Å². The van der Waals surface area contributed by atoms with Crippen LogP contribution in [-0.2, 0) is 9.47 Å². The second-order valence-corrected chi connectivity index (χ2v) is 10.6. The van der Waals surface area contributed by atoms with E-state index in [4.69, 9.17) is 9.47 Å². The van der Waals surface area contributed by atoms with Crippen LogP contribution in [0.4, 0.5) is 0 Å². The van der Waals surface area contributed by atoms with Crippen molar-refractivity contribution in [2.24, 2.45) is 23.2 Å². The van der Waals surface area contributed by atoms with E-state index in [0.29, 0.717) is 18.6 Å². The third kappa shape index (κ3) is 5.51. The first-order valence-corrected chi connectivity index (χ1v) is 11.9. The number of hydrogen-bond acceptors (Lipinski definition) is 6. The molecular weight excluding hydrogens is 406 g/mol. The lowest BCUT2D eigenvalue weighted by Gasteiger charge is -2.56. The van der Waals surface area contributed by atoms with Gasteiger partial charge in [-0.1, -0.05) is 0 Å². The van der Waals surface area contributed by atoms with Crippen LogP contribution in [0.15, 0.2) is 0 Å². The van der Waals surface area contributed by atoms with Gasteiger partial charge < -0.3 is 24.8 Å². The molecule has 0 radical (unpaired) electrons. The Morgan fingerprint density at radius 3 is 2.13 bits per heavy atom. The first-order valence-electron chi connectivity index (χ1n) is 11.9. The number of hydrogen-bond donors (Lipinski definition) is 3. The summed E-state index contributed by atoms with van der Waals surface area (Å²) in [5, 5.41) is 29.8. The van der Waals surface area contributed by atoms with Gasteiger partial charge in [0.15, 0.2) is 0 Å². The molecule has 0 aromatic heterocycles. The fourth-order valence-corrected chi connectivity index (χ4v) is 7.15. The summed E-state index contributed by atoms with van der Waals surface area (Å²) in [6.45, 7) is 2.60. The summed E-state index contributed by atoms with van der Waals surface area (Å²) < 4.78 is 12.0. The summed E-state index contributed by atoms with van der Waals surface area (Å²) >= 11 is 0. The van der Waals surface area contributed by atoms with E-state index in [1.54, 1.807) is 0 Å². The molecule has 5 rings (SSSR count). The number of nitrogens with zero attached hydrogens (tertiary/aromatic N) is 1. The predicted octanol–water partition coefficient (Wildman–Crippen LogP) is 2.22. The van der Waals surface area contributed by atoms with Crippen molar-refractivity contribution in [2.45, 2.75) is 82.1 Å². The number of aliphatic hydroxyl groups is 3. The molecule has 3 N–H and O–H groups in total. The first-order chi connectivity index (χ1) is 14.0. The van der Waals surface area contributed by atoms with Crippen LogP contribution in [0.1, 0.15) is 57.8 Å². The van der Waals surface area contributed by atoms with Crippen molar-refractivity contribution in [3.05, 3.63) is 0 Å². The highest BCUT2D eigenvalue weighted by Crippen LogP contribution is 2.60. The zero-order valence-electron chi connectivity index (χ0n) is 18.5. The van der Waals surface area contributed by atoms with Gasteiger partial charge in [0.1, 0.15) is 12.2 Å². The summed E-state index contributed by atoms with van der Waals surface area (Å²) in [5.41, 5.74) is 0.501. The van der Waals surface area contributed by atoms with Crippen LogP contribution in [-0.4, -0.2) is 84.6 Å². The normalized spacial score (nSPS) is 43.0. The molecule has 4 aliphatic carbocycles. The predicted molar refractivity (Wildman–Crippen MR) is 118 cm³/mol. The van der Waals surface area contributed by atoms with Crippen LogP contribution < -0.4 is 0 Å². The average Bonchev–Trinajstić information content (AvgIpc) is 2.66. The topological polar surface area (TPSA) is 82.4 Å². The fraction of sp³-hybridized carbons (Fsp3) is 1.00. The molecule has 1 aliphatic heterocycles. The van der Waals surface area contributed by atoms with Crippen LogP contribution in [0.3, 0.4) is 0 Å². The summed E-state index contributed by atoms with van der Waals surface area (Å²) in [6, 6.07) is -0.267. The summed E-state index contributed by atoms with van der Waals surface area (Å²) in [6.07, 6.45) is 9.34. The number of β-amino-alcohol motifs (C(OH)–C–C–N with tert-alkyl or cyclic N) is 1. The Hall–Kier alpha value is 0.0500. The molecule has 4 bridgehead atoms. The van der Waals surface area contributed by atoms with Gasteiger partial charge in [0.2, 0.25) is 0 Å². The number of unbranched alkanes of at least 4 members (excludes halogenated alkanes) is 2. The Balaban J connectivity index is 0.00000256. The van der Waals surface area contributed by atoms with Gasteiger partial charge in [-0.2, -0.15) is 0 Å². The average molecular weight is 448 g/mol. The molecule has 0 spiro atoms. The minimum atomic E-state index is -0.938. The minimum absolute atomic E-state index is 0. The van der Waals surface area contributed by atoms with E-state index in [9.17, 15) is 15.3 Å². The molecule has 5 aliphatic rings. The molecule has 1 saturated heterocycles. The van der Waals surface area contributed by atoms with Gasteiger partial charge in [-0.25, -0.2) is 0 Å². The van der Waals surface area contributed by atoms with Crippen molar-refractivity contribution >= 4 is 12.4 Å². The zero-order valence-corrected chi connectivity index (χ0v) is 19.3. The lowest BCUT2D eigenvalue weighted by Crippen LogP contribution is -2.62. The molecule has 176 valence electrons. The van der Waals surface area contributed by atoms with Gasteiger partial charge in [0.25, 0.3) is 0 Å². The number of rotatable bonds is 10. The van der Waals surface area contributed by atoms with Crippen molar-refractivity contribution < 1.29 is 24.8 Å². The number of ether oxygens (including phenoxy) is 2. The molecule has 0 unspecified atom stereocenters. The molecule has 0 aromatic carbocycles. The molecular formula is C23H42ClNO5. The molecule has 4 saturated carbocycles. The maximum atomic E-state index is 10.2. The van der Waals surface area contributed by atoms with Gasteiger partial charge >= 0.3 is 0 Å². The van der Waals surface area contributed by atoms with Crippen molar-refractivity contribution in [1.29, 1.82) is 0 Å². The number of likely N-dealkylation sites (tertiary alicyclic amines) is 1. The number of aliphatic hydroxyl groups excluding tert-OH is 3. The number of halogens is 1. The van der Waals surface area contributed by atoms with Crippen LogP contribution in [0.2, 0.25) is 0 Å². The minimum Gasteiger partial charge on any atom is -0.395 e. The van der Waals surface area contributed by atoms with E-state index in [0.717, 1.165) is 50.2 Å². The highest BCUT2D eigenvalue weighted by molar-refractivity contribution is 5.85. The van der Waals surface area contributed by atoms with Crippen molar-refractivity contribution in [3.63, 3.8) is 0 Å². The van der Waals surface area contributed by atoms with E-state index in [2.05, 4.69) is 0 Å². The van der Waals surface area contributed by atoms with E-state index in [1.165, 1.54) is 38.5 Å². The second-order valence-electron chi connectivity index (χ2n) is 10.6. The Kier molecular flexibility index (Phi) is 8.87. The third-order valence-corrected chi connectivity index (χ3v) is 8.15. The SMILES string of the molecule is CN1C[C@H](O)[C@@H](O)[C@H](OCCCCCOCC23CC4CC(CC(C4)C2)C3)[C@H]1CO.Cl. The standard InChI is InChI=1S/C23H41NO5.ClH/c1-24-13-20(26)21(27)22(19(24)14-25)29-6-4-2-3-5-28-15-23-10-16-7-17(11-23)9-18(8-16)12-23;/h16-22,25-27H,2-15H2,1H3;1H/t16?,17?,18?,19-,20+,21-,22-,23?;/m1./s1. The molecule has 6 nitrogen and oxygen atoms in total. The van der Waals surface area contributed by atoms with Gasteiger partial charge in [-0.05, 0) is 88.0 Å². The smallest absolute Gasteiger partial charge is 0.109 e. The molecule has 4 atom stereocenters. The lowest BCUT2D eigenvalue weighted by molar-refractivity contribution is -0.162. The first kappa shape index (κ1) is 24.7. The molecule has 0 aromatic rings. The highest BCUT2D eigenvalue weighted by Gasteiger charge is 2.50. The largest absolute Gasteiger partial charge is 0.395 e. The van der Waals surface area contributed by atoms with Crippen molar-refractivity contribution in [1.82, 2.24) is 4.90 Å². The van der Waals surface area contributed by atoms with Gasteiger partial charge in [-0.15, -0.1) is 12.4 Å². The Morgan fingerprint density at radius 2 is 1.53 bits per heavy atom. The Morgan fingerprint density at radius 1 is 0.933 bits per heavy atom. The molecule has 1 heterocycles. The zero-order chi connectivity index (χ0) is 20.4.